The molecule has 29 heavy (non-hydrogen) atoms. The molecule has 1 rings (SSSR count). The maximum absolute atomic E-state index is 13.3. The van der Waals surface area contributed by atoms with Gasteiger partial charge in [-0.1, -0.05) is 101 Å². The first-order chi connectivity index (χ1) is 12.9. The van der Waals surface area contributed by atoms with Crippen LogP contribution >= 0.6 is 0 Å². The first kappa shape index (κ1) is 26.9. The Morgan fingerprint density at radius 2 is 1.17 bits per heavy atom. The summed E-state index contributed by atoms with van der Waals surface area (Å²) >= 11 is 0. The molecule has 8 heteroatoms. The van der Waals surface area contributed by atoms with Gasteiger partial charge in [-0.05, 0) is 17.0 Å². The van der Waals surface area contributed by atoms with Gasteiger partial charge in [0.2, 0.25) is 0 Å². The summed E-state index contributed by atoms with van der Waals surface area (Å²) in [5, 5.41) is 1.41. The highest BCUT2D eigenvalue weighted by atomic mass is 28.5. The largest absolute Gasteiger partial charge is 0.410 e. The molecule has 168 valence electrons. The number of halogens is 3. The van der Waals surface area contributed by atoms with Gasteiger partial charge in [-0.25, -0.2) is 0 Å². The second kappa shape index (κ2) is 8.76. The maximum Gasteiger partial charge on any atom is 0.410 e. The number of benzene rings is 1. The molecule has 0 saturated carbocycles. The third-order valence-electron chi connectivity index (χ3n) is 7.00. The fraction of sp³-hybridized carbons (Fsp3) is 0.714. The minimum Gasteiger partial charge on any atom is -0.408 e. The van der Waals surface area contributed by atoms with Gasteiger partial charge < -0.3 is 4.43 Å². The molecule has 0 aromatic heterocycles. The van der Waals surface area contributed by atoms with Crippen LogP contribution in [-0.4, -0.2) is 45.3 Å². The van der Waals surface area contributed by atoms with Crippen LogP contribution in [0, 0.1) is 0 Å². The van der Waals surface area contributed by atoms with Crippen molar-refractivity contribution in [3.8, 4) is 0 Å². The predicted molar refractivity (Wildman–Crippen MR) is 132 cm³/mol. The molecular formula is C21H41F3OSi4. The van der Waals surface area contributed by atoms with Crippen molar-refractivity contribution in [1.82, 2.24) is 0 Å². The van der Waals surface area contributed by atoms with Crippen LogP contribution < -0.4 is 5.19 Å². The lowest BCUT2D eigenvalue weighted by Crippen LogP contribution is -2.81. The van der Waals surface area contributed by atoms with Crippen LogP contribution in [0.15, 0.2) is 30.3 Å². The smallest absolute Gasteiger partial charge is 0.408 e. The van der Waals surface area contributed by atoms with E-state index in [1.165, 1.54) is 5.19 Å². The van der Waals surface area contributed by atoms with Crippen molar-refractivity contribution >= 4 is 37.7 Å². The van der Waals surface area contributed by atoms with E-state index in [9.17, 15) is 13.2 Å². The second-order valence-corrected chi connectivity index (χ2v) is 33.3. The van der Waals surface area contributed by atoms with Crippen molar-refractivity contribution in [2.75, 3.05) is 6.61 Å². The third kappa shape index (κ3) is 4.71. The van der Waals surface area contributed by atoms with Gasteiger partial charge in [0.05, 0.1) is 8.07 Å². The van der Waals surface area contributed by atoms with Crippen molar-refractivity contribution in [3.05, 3.63) is 30.3 Å². The Kier molecular flexibility index (Phi) is 8.12. The number of hydrogen-bond acceptors (Lipinski definition) is 1. The van der Waals surface area contributed by atoms with Gasteiger partial charge in [-0.2, -0.15) is 13.2 Å². The molecular weight excluding hydrogens is 438 g/mol. The van der Waals surface area contributed by atoms with E-state index >= 15 is 0 Å². The van der Waals surface area contributed by atoms with E-state index < -0.39 is 45.3 Å². The van der Waals surface area contributed by atoms with Crippen molar-refractivity contribution in [2.45, 2.75) is 88.4 Å². The summed E-state index contributed by atoms with van der Waals surface area (Å²) < 4.78 is 45.8. The van der Waals surface area contributed by atoms with Crippen LogP contribution in [0.25, 0.3) is 0 Å². The lowest BCUT2D eigenvalue weighted by atomic mass is 10.4. The molecule has 0 bridgehead atoms. The van der Waals surface area contributed by atoms with Crippen molar-refractivity contribution in [2.24, 2.45) is 0 Å². The molecule has 0 heterocycles. The Hall–Kier alpha value is -0.162. The molecule has 0 radical (unpaired) electrons. The quantitative estimate of drug-likeness (QED) is 0.341. The summed E-state index contributed by atoms with van der Waals surface area (Å²) in [7, 11) is -8.91. The van der Waals surface area contributed by atoms with E-state index in [1.54, 1.807) is 0 Å². The Balaban J connectivity index is 4.03. The van der Waals surface area contributed by atoms with Crippen molar-refractivity contribution < 1.29 is 17.6 Å². The zero-order chi connectivity index (χ0) is 22.9. The molecule has 0 amide bonds. The molecule has 1 aromatic rings. The molecule has 0 saturated heterocycles. The lowest BCUT2D eigenvalue weighted by Gasteiger charge is -2.67. The number of hydrogen-bond donors (Lipinski definition) is 0. The van der Waals surface area contributed by atoms with E-state index in [1.807, 2.05) is 6.07 Å². The van der Waals surface area contributed by atoms with E-state index in [0.717, 1.165) is 12.1 Å². The van der Waals surface area contributed by atoms with E-state index in [2.05, 4.69) is 90.5 Å². The molecule has 1 nitrogen and oxygen atoms in total. The average Bonchev–Trinajstić information content (AvgIpc) is 2.55. The lowest BCUT2D eigenvalue weighted by molar-refractivity contribution is -0.155. The predicted octanol–water partition coefficient (Wildman–Crippen LogP) is 7.20. The minimum absolute atomic E-state index is 0.0594. The SMILES string of the molecule is CC[Si](CC)(c1ccccc1)C([Si](C)(C)C)([Si](C)(C)C)[Si](C)(C)OCC(F)(F)F. The van der Waals surface area contributed by atoms with Gasteiger partial charge in [-0.15, -0.1) is 0 Å². The summed E-state index contributed by atoms with van der Waals surface area (Å²) in [5.74, 6) is 0. The fourth-order valence-corrected chi connectivity index (χ4v) is 56.5. The molecule has 0 aliphatic rings. The number of alkyl halides is 3. The molecule has 0 unspecified atom stereocenters. The Morgan fingerprint density at radius 1 is 0.759 bits per heavy atom. The van der Waals surface area contributed by atoms with Crippen LogP contribution in [0.4, 0.5) is 13.2 Å². The van der Waals surface area contributed by atoms with Crippen LogP contribution in [-0.2, 0) is 4.43 Å². The average molecular weight is 479 g/mol. The van der Waals surface area contributed by atoms with Gasteiger partial charge in [0.15, 0.2) is 8.32 Å². The summed E-state index contributed by atoms with van der Waals surface area (Å²) in [6, 6.07) is 12.9. The summed E-state index contributed by atoms with van der Waals surface area (Å²) in [6.07, 6.45) is -4.29. The van der Waals surface area contributed by atoms with Gasteiger partial charge in [0.1, 0.15) is 6.61 Å². The molecule has 0 spiro atoms. The monoisotopic (exact) mass is 478 g/mol. The highest BCUT2D eigenvalue weighted by Gasteiger charge is 2.72. The fourth-order valence-electron chi connectivity index (χ4n) is 7.48. The minimum atomic E-state index is -4.29. The van der Waals surface area contributed by atoms with E-state index in [-0.39, 0.29) is 3.91 Å². The summed E-state index contributed by atoms with van der Waals surface area (Å²) in [6.45, 7) is 22.0. The molecule has 0 aliphatic heterocycles. The highest BCUT2D eigenvalue weighted by Crippen LogP contribution is 2.61. The second-order valence-electron chi connectivity index (χ2n) is 10.8. The van der Waals surface area contributed by atoms with Crippen LogP contribution in [0.3, 0.4) is 0 Å². The molecule has 1 aromatic carbocycles. The first-order valence-electron chi connectivity index (χ1n) is 10.7. The summed E-state index contributed by atoms with van der Waals surface area (Å²) in [5.41, 5.74) is 0. The first-order valence-corrected chi connectivity index (χ1v) is 23.0. The highest BCUT2D eigenvalue weighted by molar-refractivity contribution is 7.31. The Bertz CT molecular complexity index is 643. The van der Waals surface area contributed by atoms with Gasteiger partial charge >= 0.3 is 6.18 Å². The zero-order valence-electron chi connectivity index (χ0n) is 20.1. The number of rotatable bonds is 9. The molecule has 0 N–H and O–H groups in total. The normalized spacial score (nSPS) is 14.9. The molecule has 0 fully saturated rings. The topological polar surface area (TPSA) is 9.23 Å². The van der Waals surface area contributed by atoms with Gasteiger partial charge in [0, 0.05) is 16.1 Å². The standard InChI is InChI=1S/C21H41F3OSi4/c1-11-29(12-2,19-16-14-13-15-17-19)21(26(3,4)5,27(6,7)8)28(9,10)25-18-20(22,23)24/h13-17H,11-12,18H2,1-10H3. The molecule has 0 atom stereocenters. The van der Waals surface area contributed by atoms with E-state index in [0.29, 0.717) is 0 Å². The Labute approximate surface area is 180 Å². The van der Waals surface area contributed by atoms with Crippen molar-refractivity contribution in [3.63, 3.8) is 0 Å². The Morgan fingerprint density at radius 3 is 1.48 bits per heavy atom. The summed E-state index contributed by atoms with van der Waals surface area (Å²) in [4.78, 5) is 0. The van der Waals surface area contributed by atoms with E-state index in [4.69, 9.17) is 4.43 Å². The van der Waals surface area contributed by atoms with Crippen LogP contribution in [0.1, 0.15) is 13.8 Å². The van der Waals surface area contributed by atoms with Gasteiger partial charge in [0.25, 0.3) is 0 Å². The zero-order valence-corrected chi connectivity index (χ0v) is 24.1. The van der Waals surface area contributed by atoms with Crippen LogP contribution in [0.2, 0.25) is 68.4 Å². The van der Waals surface area contributed by atoms with Gasteiger partial charge in [-0.3, -0.25) is 0 Å². The van der Waals surface area contributed by atoms with Crippen molar-refractivity contribution in [1.29, 1.82) is 0 Å². The van der Waals surface area contributed by atoms with Crippen LogP contribution in [0.5, 0.6) is 0 Å². The third-order valence-corrected chi connectivity index (χ3v) is 42.7. The molecule has 0 aliphatic carbocycles. The maximum atomic E-state index is 13.3.